The van der Waals surface area contributed by atoms with E-state index in [0.717, 1.165) is 0 Å². The number of rotatable bonds is 4. The smallest absolute Gasteiger partial charge is 0.308 e. The Morgan fingerprint density at radius 3 is 2.88 bits per heavy atom. The first kappa shape index (κ1) is 12.4. The minimum Gasteiger partial charge on any atom is -0.469 e. The average Bonchev–Trinajstić information content (AvgIpc) is 2.28. The molecule has 1 rings (SSSR count). The molecule has 0 saturated heterocycles. The summed E-state index contributed by atoms with van der Waals surface area (Å²) in [6.07, 6.45) is -0.00294. The number of methoxy groups -OCH3 is 1. The van der Waals surface area contributed by atoms with E-state index in [2.05, 4.69) is 9.72 Å². The van der Waals surface area contributed by atoms with Crippen molar-refractivity contribution in [3.63, 3.8) is 0 Å². The number of nitrogens with zero attached hydrogens (tertiary/aromatic N) is 1. The van der Waals surface area contributed by atoms with Gasteiger partial charge in [0.25, 0.3) is 0 Å². The van der Waals surface area contributed by atoms with Crippen LogP contribution < -0.4 is 5.73 Å². The van der Waals surface area contributed by atoms with Gasteiger partial charge in [0.05, 0.1) is 19.6 Å². The molecule has 0 aromatic carbocycles. The third-order valence-electron chi connectivity index (χ3n) is 2.17. The summed E-state index contributed by atoms with van der Waals surface area (Å²) in [4.78, 5) is 14.7. The molecule has 2 unspecified atom stereocenters. The van der Waals surface area contributed by atoms with Crippen LogP contribution in [0.4, 0.5) is 5.69 Å². The van der Waals surface area contributed by atoms with E-state index in [-0.39, 0.29) is 6.42 Å². The molecule has 2 atom stereocenters. The van der Waals surface area contributed by atoms with Crippen LogP contribution in [0.15, 0.2) is 18.5 Å². The normalized spacial score (nSPS) is 14.2. The second-order valence-corrected chi connectivity index (χ2v) is 3.30. The topological polar surface area (TPSA) is 106 Å². The van der Waals surface area contributed by atoms with E-state index >= 15 is 0 Å². The van der Waals surface area contributed by atoms with Gasteiger partial charge in [-0.05, 0) is 6.07 Å². The Hall–Kier alpha value is -1.66. The van der Waals surface area contributed by atoms with E-state index in [4.69, 9.17) is 5.73 Å². The van der Waals surface area contributed by atoms with Gasteiger partial charge in [-0.3, -0.25) is 9.78 Å². The summed E-state index contributed by atoms with van der Waals surface area (Å²) in [5.74, 6) is -0.603. The molecule has 0 radical (unpaired) electrons. The Kier molecular flexibility index (Phi) is 4.21. The third kappa shape index (κ3) is 2.91. The van der Waals surface area contributed by atoms with Crippen molar-refractivity contribution in [2.24, 2.45) is 0 Å². The van der Waals surface area contributed by atoms with Crippen LogP contribution in [0, 0.1) is 0 Å². The van der Waals surface area contributed by atoms with E-state index in [1.54, 1.807) is 0 Å². The first-order valence-corrected chi connectivity index (χ1v) is 4.68. The average molecular weight is 226 g/mol. The number of esters is 1. The van der Waals surface area contributed by atoms with Gasteiger partial charge in [0.2, 0.25) is 0 Å². The molecule has 6 heteroatoms. The number of aliphatic hydroxyl groups is 2. The summed E-state index contributed by atoms with van der Waals surface area (Å²) in [5.41, 5.74) is 6.20. The Morgan fingerprint density at radius 1 is 1.62 bits per heavy atom. The fraction of sp³-hybridized carbons (Fsp3) is 0.400. The molecule has 0 spiro atoms. The number of pyridine rings is 1. The second kappa shape index (κ2) is 5.43. The van der Waals surface area contributed by atoms with Crippen LogP contribution in [0.25, 0.3) is 0 Å². The molecule has 0 aliphatic carbocycles. The van der Waals surface area contributed by atoms with Crippen molar-refractivity contribution in [1.82, 2.24) is 4.98 Å². The zero-order valence-electron chi connectivity index (χ0n) is 8.83. The van der Waals surface area contributed by atoms with E-state index in [0.29, 0.717) is 11.3 Å². The summed E-state index contributed by atoms with van der Waals surface area (Å²) in [6, 6.07) is 1.50. The van der Waals surface area contributed by atoms with Crippen LogP contribution >= 0.6 is 0 Å². The van der Waals surface area contributed by atoms with Crippen molar-refractivity contribution in [3.8, 4) is 0 Å². The first-order chi connectivity index (χ1) is 7.56. The minimum atomic E-state index is -1.26. The van der Waals surface area contributed by atoms with Crippen LogP contribution in [0.3, 0.4) is 0 Å². The van der Waals surface area contributed by atoms with E-state index < -0.39 is 18.2 Å². The standard InChI is InChI=1S/C10H14N2O4/c1-16-9(14)4-8(13)10(15)6-5-12-3-2-7(6)11/h2-3,5,8,10,13,15H,4H2,1H3,(H2,11,12). The molecule has 6 nitrogen and oxygen atoms in total. The lowest BCUT2D eigenvalue weighted by Crippen LogP contribution is -2.23. The van der Waals surface area contributed by atoms with Gasteiger partial charge in [0.15, 0.2) is 0 Å². The van der Waals surface area contributed by atoms with Crippen LogP contribution in [0.5, 0.6) is 0 Å². The van der Waals surface area contributed by atoms with E-state index in [9.17, 15) is 15.0 Å². The fourth-order valence-electron chi connectivity index (χ4n) is 1.24. The SMILES string of the molecule is COC(=O)CC(O)C(O)c1cnccc1N. The molecule has 1 aromatic rings. The number of anilines is 1. The molecule has 0 aliphatic heterocycles. The number of aromatic nitrogens is 1. The first-order valence-electron chi connectivity index (χ1n) is 4.68. The molecule has 88 valence electrons. The summed E-state index contributed by atoms with van der Waals surface area (Å²) in [7, 11) is 1.21. The second-order valence-electron chi connectivity index (χ2n) is 3.30. The largest absolute Gasteiger partial charge is 0.469 e. The summed E-state index contributed by atoms with van der Waals surface area (Å²) >= 11 is 0. The van der Waals surface area contributed by atoms with E-state index in [1.807, 2.05) is 0 Å². The van der Waals surface area contributed by atoms with Crippen molar-refractivity contribution in [2.45, 2.75) is 18.6 Å². The molecule has 0 amide bonds. The molecule has 0 aliphatic rings. The van der Waals surface area contributed by atoms with Gasteiger partial charge in [0, 0.05) is 23.6 Å². The van der Waals surface area contributed by atoms with E-state index in [1.165, 1.54) is 25.6 Å². The highest BCUT2D eigenvalue weighted by Crippen LogP contribution is 2.23. The minimum absolute atomic E-state index is 0.291. The monoisotopic (exact) mass is 226 g/mol. The van der Waals surface area contributed by atoms with Crippen LogP contribution in [0.1, 0.15) is 18.1 Å². The quantitative estimate of drug-likeness (QED) is 0.604. The van der Waals surface area contributed by atoms with Gasteiger partial charge in [-0.2, -0.15) is 0 Å². The van der Waals surface area contributed by atoms with Crippen molar-refractivity contribution in [1.29, 1.82) is 0 Å². The van der Waals surface area contributed by atoms with Gasteiger partial charge in [-0.15, -0.1) is 0 Å². The number of hydrogen-bond donors (Lipinski definition) is 3. The lowest BCUT2D eigenvalue weighted by Gasteiger charge is -2.18. The maximum atomic E-state index is 10.9. The van der Waals surface area contributed by atoms with Gasteiger partial charge < -0.3 is 20.7 Å². The Morgan fingerprint density at radius 2 is 2.31 bits per heavy atom. The highest BCUT2D eigenvalue weighted by molar-refractivity contribution is 5.70. The number of nitrogens with two attached hydrogens (primary N) is 1. The van der Waals surface area contributed by atoms with Gasteiger partial charge in [-0.25, -0.2) is 0 Å². The highest BCUT2D eigenvalue weighted by Gasteiger charge is 2.23. The Bertz CT molecular complexity index is 370. The molecule has 4 N–H and O–H groups in total. The van der Waals surface area contributed by atoms with Crippen molar-refractivity contribution in [2.75, 3.05) is 12.8 Å². The molecule has 1 heterocycles. The predicted molar refractivity (Wildman–Crippen MR) is 56.2 cm³/mol. The van der Waals surface area contributed by atoms with Gasteiger partial charge in [0.1, 0.15) is 6.10 Å². The number of ether oxygens (including phenoxy) is 1. The number of carbonyl (C=O) groups excluding carboxylic acids is 1. The Labute approximate surface area is 92.7 Å². The molecular formula is C10H14N2O4. The number of aliphatic hydroxyl groups excluding tert-OH is 2. The molecule has 0 fully saturated rings. The lowest BCUT2D eigenvalue weighted by atomic mass is 10.0. The van der Waals surface area contributed by atoms with Gasteiger partial charge >= 0.3 is 5.97 Å². The maximum Gasteiger partial charge on any atom is 0.308 e. The maximum absolute atomic E-state index is 10.9. The molecule has 1 aromatic heterocycles. The van der Waals surface area contributed by atoms with Crippen LogP contribution in [-0.4, -0.2) is 34.4 Å². The van der Waals surface area contributed by atoms with Crippen molar-refractivity contribution in [3.05, 3.63) is 24.0 Å². The summed E-state index contributed by atoms with van der Waals surface area (Å²) in [5, 5.41) is 19.3. The molecule has 0 bridgehead atoms. The highest BCUT2D eigenvalue weighted by atomic mass is 16.5. The fourth-order valence-corrected chi connectivity index (χ4v) is 1.24. The van der Waals surface area contributed by atoms with Crippen LogP contribution in [-0.2, 0) is 9.53 Å². The van der Waals surface area contributed by atoms with Crippen molar-refractivity contribution < 1.29 is 19.7 Å². The molecule has 16 heavy (non-hydrogen) atoms. The number of hydrogen-bond acceptors (Lipinski definition) is 6. The molecule has 0 saturated carbocycles. The summed E-state index contributed by atoms with van der Waals surface area (Å²) < 4.78 is 4.38. The molecular weight excluding hydrogens is 212 g/mol. The van der Waals surface area contributed by atoms with Crippen LogP contribution in [0.2, 0.25) is 0 Å². The number of carbonyl (C=O) groups is 1. The van der Waals surface area contributed by atoms with Crippen molar-refractivity contribution >= 4 is 11.7 Å². The Balaban J connectivity index is 2.74. The third-order valence-corrected chi connectivity index (χ3v) is 2.17. The zero-order chi connectivity index (χ0) is 12.1. The zero-order valence-corrected chi connectivity index (χ0v) is 8.83. The summed E-state index contributed by atoms with van der Waals surface area (Å²) in [6.45, 7) is 0. The van der Waals surface area contributed by atoms with Gasteiger partial charge in [-0.1, -0.05) is 0 Å². The lowest BCUT2D eigenvalue weighted by molar-refractivity contribution is -0.144. The number of nitrogen functional groups attached to an aromatic ring is 1. The predicted octanol–water partition coefficient (Wildman–Crippen LogP) is -0.379.